The molecule has 0 heterocycles. The highest BCUT2D eigenvalue weighted by molar-refractivity contribution is 7.89. The van der Waals surface area contributed by atoms with Crippen LogP contribution in [-0.4, -0.2) is 19.6 Å². The predicted molar refractivity (Wildman–Crippen MR) is 71.8 cm³/mol. The fourth-order valence-electron chi connectivity index (χ4n) is 1.67. The Morgan fingerprint density at radius 2 is 1.67 bits per heavy atom. The summed E-state index contributed by atoms with van der Waals surface area (Å²) in [5.41, 5.74) is 0.705. The first-order valence-corrected chi connectivity index (χ1v) is 7.69. The Kier molecular flexibility index (Phi) is 5.31. The fourth-order valence-corrected chi connectivity index (χ4v) is 3.07. The van der Waals surface area contributed by atoms with Gasteiger partial charge in [-0.25, -0.2) is 13.1 Å². The van der Waals surface area contributed by atoms with Gasteiger partial charge in [0.05, 0.1) is 11.0 Å². The lowest BCUT2D eigenvalue weighted by Crippen LogP contribution is -2.33. The number of aliphatic hydroxyl groups excluding tert-OH is 1. The van der Waals surface area contributed by atoms with Crippen LogP contribution >= 0.6 is 0 Å². The number of hydrogen-bond acceptors (Lipinski definition) is 3. The van der Waals surface area contributed by atoms with Crippen LogP contribution in [0.4, 0.5) is 0 Å². The van der Waals surface area contributed by atoms with E-state index in [2.05, 4.69) is 4.72 Å². The van der Waals surface area contributed by atoms with Crippen LogP contribution in [0.15, 0.2) is 29.2 Å². The van der Waals surface area contributed by atoms with Crippen molar-refractivity contribution in [1.29, 1.82) is 0 Å². The number of sulfonamides is 1. The molecule has 1 atom stereocenters. The van der Waals surface area contributed by atoms with Gasteiger partial charge >= 0.3 is 0 Å². The summed E-state index contributed by atoms with van der Waals surface area (Å²) in [4.78, 5) is 0.235. The molecule has 2 N–H and O–H groups in total. The SMILES string of the molecule is CCC(CC)NS(=O)(=O)c1ccc(C(C)O)cc1. The second-order valence-electron chi connectivity index (χ2n) is 4.38. The van der Waals surface area contributed by atoms with Crippen LogP contribution in [0.5, 0.6) is 0 Å². The molecule has 0 saturated heterocycles. The summed E-state index contributed by atoms with van der Waals surface area (Å²) in [5.74, 6) is 0. The Balaban J connectivity index is 2.91. The van der Waals surface area contributed by atoms with Gasteiger partial charge in [0.1, 0.15) is 0 Å². The first-order valence-electron chi connectivity index (χ1n) is 6.21. The van der Waals surface area contributed by atoms with Gasteiger partial charge in [-0.1, -0.05) is 26.0 Å². The second-order valence-corrected chi connectivity index (χ2v) is 6.09. The molecular formula is C13H21NO3S. The minimum atomic E-state index is -3.46. The van der Waals surface area contributed by atoms with E-state index in [1.165, 1.54) is 12.1 Å². The summed E-state index contributed by atoms with van der Waals surface area (Å²) in [7, 11) is -3.46. The number of nitrogens with one attached hydrogen (secondary N) is 1. The molecule has 0 aliphatic heterocycles. The van der Waals surface area contributed by atoms with Gasteiger partial charge in [0.25, 0.3) is 0 Å². The van der Waals surface area contributed by atoms with E-state index in [-0.39, 0.29) is 10.9 Å². The molecule has 18 heavy (non-hydrogen) atoms. The van der Waals surface area contributed by atoms with E-state index in [0.29, 0.717) is 5.56 Å². The Labute approximate surface area is 109 Å². The molecular weight excluding hydrogens is 250 g/mol. The Morgan fingerprint density at radius 1 is 1.17 bits per heavy atom. The molecule has 1 unspecified atom stereocenters. The van der Waals surface area contributed by atoms with E-state index in [9.17, 15) is 13.5 Å². The van der Waals surface area contributed by atoms with Crippen molar-refractivity contribution in [2.24, 2.45) is 0 Å². The Hall–Kier alpha value is -0.910. The van der Waals surface area contributed by atoms with Gasteiger partial charge < -0.3 is 5.11 Å². The summed E-state index contributed by atoms with van der Waals surface area (Å²) in [6.07, 6.45) is 0.942. The van der Waals surface area contributed by atoms with Gasteiger partial charge in [-0.2, -0.15) is 0 Å². The van der Waals surface area contributed by atoms with Crippen molar-refractivity contribution in [3.63, 3.8) is 0 Å². The van der Waals surface area contributed by atoms with Gasteiger partial charge in [0.2, 0.25) is 10.0 Å². The second kappa shape index (κ2) is 6.31. The largest absolute Gasteiger partial charge is 0.389 e. The molecule has 102 valence electrons. The van der Waals surface area contributed by atoms with E-state index in [1.807, 2.05) is 13.8 Å². The minimum absolute atomic E-state index is 0.0357. The van der Waals surface area contributed by atoms with Crippen molar-refractivity contribution in [1.82, 2.24) is 4.72 Å². The maximum Gasteiger partial charge on any atom is 0.240 e. The van der Waals surface area contributed by atoms with E-state index in [0.717, 1.165) is 12.8 Å². The summed E-state index contributed by atoms with van der Waals surface area (Å²) in [6, 6.07) is 6.27. The lowest BCUT2D eigenvalue weighted by molar-refractivity contribution is 0.199. The van der Waals surface area contributed by atoms with Crippen LogP contribution in [0.1, 0.15) is 45.3 Å². The average Bonchev–Trinajstić information content (AvgIpc) is 2.36. The number of benzene rings is 1. The maximum absolute atomic E-state index is 12.1. The summed E-state index contributed by atoms with van der Waals surface area (Å²) >= 11 is 0. The molecule has 5 heteroatoms. The van der Waals surface area contributed by atoms with Crippen molar-refractivity contribution < 1.29 is 13.5 Å². The molecule has 1 aromatic rings. The zero-order chi connectivity index (χ0) is 13.8. The van der Waals surface area contributed by atoms with Crippen molar-refractivity contribution in [3.8, 4) is 0 Å². The Morgan fingerprint density at radius 3 is 2.06 bits per heavy atom. The monoisotopic (exact) mass is 271 g/mol. The highest BCUT2D eigenvalue weighted by Crippen LogP contribution is 2.16. The van der Waals surface area contributed by atoms with Crippen LogP contribution in [-0.2, 0) is 10.0 Å². The van der Waals surface area contributed by atoms with Crippen molar-refractivity contribution >= 4 is 10.0 Å². The molecule has 0 radical (unpaired) electrons. The standard InChI is InChI=1S/C13H21NO3S/c1-4-12(5-2)14-18(16,17)13-8-6-11(7-9-13)10(3)15/h6-10,12,14-15H,4-5H2,1-3H3. The van der Waals surface area contributed by atoms with Gasteiger partial charge in [-0.3, -0.25) is 0 Å². The Bertz CT molecular complexity index is 462. The van der Waals surface area contributed by atoms with E-state index in [4.69, 9.17) is 0 Å². The average molecular weight is 271 g/mol. The summed E-state index contributed by atoms with van der Waals surface area (Å²) in [6.45, 7) is 5.55. The van der Waals surface area contributed by atoms with Crippen LogP contribution in [0, 0.1) is 0 Å². The first kappa shape index (κ1) is 15.1. The highest BCUT2D eigenvalue weighted by atomic mass is 32.2. The molecule has 0 fully saturated rings. The molecule has 4 nitrogen and oxygen atoms in total. The van der Waals surface area contributed by atoms with Crippen molar-refractivity contribution in [3.05, 3.63) is 29.8 Å². The van der Waals surface area contributed by atoms with Crippen LogP contribution in [0.25, 0.3) is 0 Å². The number of aliphatic hydroxyl groups is 1. The zero-order valence-electron chi connectivity index (χ0n) is 11.1. The van der Waals surface area contributed by atoms with Crippen molar-refractivity contribution in [2.75, 3.05) is 0 Å². The molecule has 0 bridgehead atoms. The first-order chi connectivity index (χ1) is 8.40. The molecule has 0 aliphatic rings. The summed E-state index contributed by atoms with van der Waals surface area (Å²) < 4.78 is 26.8. The molecule has 0 saturated carbocycles. The maximum atomic E-state index is 12.1. The smallest absolute Gasteiger partial charge is 0.240 e. The van der Waals surface area contributed by atoms with Crippen LogP contribution in [0.2, 0.25) is 0 Å². The number of hydrogen-bond donors (Lipinski definition) is 2. The molecule has 0 aromatic heterocycles. The lowest BCUT2D eigenvalue weighted by Gasteiger charge is -2.15. The van der Waals surface area contributed by atoms with E-state index < -0.39 is 16.1 Å². The van der Waals surface area contributed by atoms with Crippen molar-refractivity contribution in [2.45, 2.75) is 50.7 Å². The number of rotatable bonds is 6. The third-order valence-corrected chi connectivity index (χ3v) is 4.52. The van der Waals surface area contributed by atoms with Gasteiger partial charge in [-0.05, 0) is 37.5 Å². The predicted octanol–water partition coefficient (Wildman–Crippen LogP) is 2.21. The third kappa shape index (κ3) is 3.80. The van der Waals surface area contributed by atoms with Crippen LogP contribution < -0.4 is 4.72 Å². The van der Waals surface area contributed by atoms with Gasteiger partial charge in [0, 0.05) is 6.04 Å². The molecule has 1 aromatic carbocycles. The normalized spacial score (nSPS) is 13.8. The molecule has 0 spiro atoms. The topological polar surface area (TPSA) is 66.4 Å². The van der Waals surface area contributed by atoms with Crippen LogP contribution in [0.3, 0.4) is 0 Å². The summed E-state index contributed by atoms with van der Waals surface area (Å²) in [5, 5.41) is 9.37. The van der Waals surface area contributed by atoms with E-state index in [1.54, 1.807) is 19.1 Å². The lowest BCUT2D eigenvalue weighted by atomic mass is 10.1. The molecule has 0 amide bonds. The fraction of sp³-hybridized carbons (Fsp3) is 0.538. The molecule has 0 aliphatic carbocycles. The van der Waals surface area contributed by atoms with Gasteiger partial charge in [-0.15, -0.1) is 0 Å². The quantitative estimate of drug-likeness (QED) is 0.833. The molecule has 1 rings (SSSR count). The van der Waals surface area contributed by atoms with E-state index >= 15 is 0 Å². The van der Waals surface area contributed by atoms with Gasteiger partial charge in [0.15, 0.2) is 0 Å². The zero-order valence-corrected chi connectivity index (χ0v) is 11.9. The highest BCUT2D eigenvalue weighted by Gasteiger charge is 2.17. The third-order valence-electron chi connectivity index (χ3n) is 2.98. The minimum Gasteiger partial charge on any atom is -0.389 e.